The predicted molar refractivity (Wildman–Crippen MR) is 55.7 cm³/mol. The second-order valence-corrected chi connectivity index (χ2v) is 3.49. The van der Waals surface area contributed by atoms with E-state index in [0.29, 0.717) is 6.42 Å². The zero-order valence-electron chi connectivity index (χ0n) is 8.19. The van der Waals surface area contributed by atoms with Crippen LogP contribution in [0.5, 0.6) is 0 Å². The summed E-state index contributed by atoms with van der Waals surface area (Å²) in [5, 5.41) is 0. The topological polar surface area (TPSA) is 39.2 Å². The Bertz CT molecular complexity index is 408. The van der Waals surface area contributed by atoms with Gasteiger partial charge in [-0.1, -0.05) is 12.1 Å². The fourth-order valence-electron chi connectivity index (χ4n) is 1.48. The van der Waals surface area contributed by atoms with Crippen molar-refractivity contribution in [2.24, 2.45) is 5.73 Å². The molecule has 1 heterocycles. The number of rotatable bonds is 3. The Kier molecular flexibility index (Phi) is 2.83. The van der Waals surface area contributed by atoms with Crippen LogP contribution in [0.4, 0.5) is 4.39 Å². The van der Waals surface area contributed by atoms with Crippen LogP contribution < -0.4 is 5.73 Å². The molecule has 0 radical (unpaired) electrons. The SMILES string of the molecule is NC(Cc1ccc(F)cc1)c1ccoc1. The van der Waals surface area contributed by atoms with Gasteiger partial charge in [-0.25, -0.2) is 4.39 Å². The highest BCUT2D eigenvalue weighted by atomic mass is 19.1. The van der Waals surface area contributed by atoms with Crippen LogP contribution in [0.25, 0.3) is 0 Å². The third-order valence-electron chi connectivity index (χ3n) is 2.34. The Balaban J connectivity index is 2.06. The zero-order chi connectivity index (χ0) is 10.7. The molecule has 2 rings (SSSR count). The molecule has 0 aliphatic carbocycles. The Hall–Kier alpha value is -1.61. The molecule has 0 saturated carbocycles. The fourth-order valence-corrected chi connectivity index (χ4v) is 1.48. The summed E-state index contributed by atoms with van der Waals surface area (Å²) in [4.78, 5) is 0. The van der Waals surface area contributed by atoms with Crippen molar-refractivity contribution in [2.75, 3.05) is 0 Å². The van der Waals surface area contributed by atoms with E-state index in [1.165, 1.54) is 12.1 Å². The van der Waals surface area contributed by atoms with Crippen molar-refractivity contribution in [3.63, 3.8) is 0 Å². The molecule has 0 bridgehead atoms. The molecule has 1 unspecified atom stereocenters. The first-order valence-electron chi connectivity index (χ1n) is 4.78. The van der Waals surface area contributed by atoms with Crippen LogP contribution in [0.3, 0.4) is 0 Å². The minimum absolute atomic E-state index is 0.103. The number of hydrogen-bond donors (Lipinski definition) is 1. The minimum Gasteiger partial charge on any atom is -0.472 e. The van der Waals surface area contributed by atoms with E-state index in [1.807, 2.05) is 6.07 Å². The van der Waals surface area contributed by atoms with Crippen LogP contribution in [0, 0.1) is 5.82 Å². The highest BCUT2D eigenvalue weighted by molar-refractivity contribution is 5.20. The van der Waals surface area contributed by atoms with Gasteiger partial charge in [-0.05, 0) is 30.2 Å². The Labute approximate surface area is 87.5 Å². The molecule has 78 valence electrons. The molecule has 2 aromatic rings. The van der Waals surface area contributed by atoms with Gasteiger partial charge in [-0.15, -0.1) is 0 Å². The van der Waals surface area contributed by atoms with Crippen LogP contribution in [0.2, 0.25) is 0 Å². The average molecular weight is 205 g/mol. The van der Waals surface area contributed by atoms with Crippen molar-refractivity contribution in [1.29, 1.82) is 0 Å². The van der Waals surface area contributed by atoms with E-state index in [4.69, 9.17) is 10.2 Å². The van der Waals surface area contributed by atoms with Crippen LogP contribution in [0.1, 0.15) is 17.2 Å². The first-order chi connectivity index (χ1) is 7.25. The Morgan fingerprint density at radius 2 is 1.93 bits per heavy atom. The van der Waals surface area contributed by atoms with Crippen molar-refractivity contribution >= 4 is 0 Å². The first kappa shape index (κ1) is 9.93. The lowest BCUT2D eigenvalue weighted by atomic mass is 10.0. The summed E-state index contributed by atoms with van der Waals surface area (Å²) in [5.41, 5.74) is 7.93. The standard InChI is InChI=1S/C12H12FNO/c13-11-3-1-9(2-4-11)7-12(14)10-5-6-15-8-10/h1-6,8,12H,7,14H2. The third-order valence-corrected chi connectivity index (χ3v) is 2.34. The van der Waals surface area contributed by atoms with Crippen molar-refractivity contribution in [3.05, 3.63) is 59.8 Å². The van der Waals surface area contributed by atoms with Crippen LogP contribution in [-0.4, -0.2) is 0 Å². The molecule has 15 heavy (non-hydrogen) atoms. The molecule has 2 N–H and O–H groups in total. The third kappa shape index (κ3) is 2.44. The molecule has 1 atom stereocenters. The van der Waals surface area contributed by atoms with Crippen LogP contribution >= 0.6 is 0 Å². The number of hydrogen-bond acceptors (Lipinski definition) is 2. The molecule has 0 spiro atoms. The van der Waals surface area contributed by atoms with Gasteiger partial charge in [0.15, 0.2) is 0 Å². The summed E-state index contributed by atoms with van der Waals surface area (Å²) in [6, 6.07) is 8.11. The van der Waals surface area contributed by atoms with E-state index < -0.39 is 0 Å². The highest BCUT2D eigenvalue weighted by Crippen LogP contribution is 2.16. The maximum Gasteiger partial charge on any atom is 0.123 e. The first-order valence-corrected chi connectivity index (χ1v) is 4.78. The van der Waals surface area contributed by atoms with Crippen molar-refractivity contribution in [1.82, 2.24) is 0 Å². The van der Waals surface area contributed by atoms with E-state index >= 15 is 0 Å². The average Bonchev–Trinajstić information content (AvgIpc) is 2.74. The van der Waals surface area contributed by atoms with E-state index in [1.54, 1.807) is 24.7 Å². The summed E-state index contributed by atoms with van der Waals surface area (Å²) < 4.78 is 17.6. The molecule has 0 aliphatic rings. The van der Waals surface area contributed by atoms with Gasteiger partial charge in [0.1, 0.15) is 5.82 Å². The van der Waals surface area contributed by atoms with E-state index in [9.17, 15) is 4.39 Å². The highest BCUT2D eigenvalue weighted by Gasteiger charge is 2.07. The predicted octanol–water partition coefficient (Wildman–Crippen LogP) is 2.66. The second-order valence-electron chi connectivity index (χ2n) is 3.49. The largest absolute Gasteiger partial charge is 0.472 e. The normalized spacial score (nSPS) is 12.7. The molecule has 1 aromatic carbocycles. The summed E-state index contributed by atoms with van der Waals surface area (Å²) in [5.74, 6) is -0.226. The molecule has 0 fully saturated rings. The van der Waals surface area contributed by atoms with Gasteiger partial charge in [-0.3, -0.25) is 0 Å². The summed E-state index contributed by atoms with van der Waals surface area (Å²) in [6.45, 7) is 0. The molecule has 0 amide bonds. The minimum atomic E-state index is -0.226. The quantitative estimate of drug-likeness (QED) is 0.836. The second kappa shape index (κ2) is 4.28. The van der Waals surface area contributed by atoms with Gasteiger partial charge in [0, 0.05) is 11.6 Å². The Morgan fingerprint density at radius 1 is 1.20 bits per heavy atom. The van der Waals surface area contributed by atoms with Crippen molar-refractivity contribution < 1.29 is 8.81 Å². The maximum absolute atomic E-state index is 12.7. The van der Waals surface area contributed by atoms with E-state index in [-0.39, 0.29) is 11.9 Å². The lowest BCUT2D eigenvalue weighted by Gasteiger charge is -2.08. The van der Waals surface area contributed by atoms with Gasteiger partial charge in [-0.2, -0.15) is 0 Å². The summed E-state index contributed by atoms with van der Waals surface area (Å²) >= 11 is 0. The van der Waals surface area contributed by atoms with E-state index in [0.717, 1.165) is 11.1 Å². The van der Waals surface area contributed by atoms with Gasteiger partial charge in [0.05, 0.1) is 12.5 Å². The van der Waals surface area contributed by atoms with Crippen molar-refractivity contribution in [3.8, 4) is 0 Å². The molecule has 0 saturated heterocycles. The molecule has 2 nitrogen and oxygen atoms in total. The molecule has 1 aromatic heterocycles. The number of furan rings is 1. The Morgan fingerprint density at radius 3 is 2.53 bits per heavy atom. The van der Waals surface area contributed by atoms with E-state index in [2.05, 4.69) is 0 Å². The lowest BCUT2D eigenvalue weighted by Crippen LogP contribution is -2.12. The fraction of sp³-hybridized carbons (Fsp3) is 0.167. The van der Waals surface area contributed by atoms with Gasteiger partial charge >= 0.3 is 0 Å². The van der Waals surface area contributed by atoms with Gasteiger partial charge in [0.25, 0.3) is 0 Å². The smallest absolute Gasteiger partial charge is 0.123 e. The molecular weight excluding hydrogens is 193 g/mol. The number of halogens is 1. The van der Waals surface area contributed by atoms with Crippen LogP contribution in [-0.2, 0) is 6.42 Å². The van der Waals surface area contributed by atoms with Gasteiger partial charge < -0.3 is 10.2 Å². The van der Waals surface area contributed by atoms with Gasteiger partial charge in [0.2, 0.25) is 0 Å². The molecule has 3 heteroatoms. The lowest BCUT2D eigenvalue weighted by molar-refractivity contribution is 0.558. The molecule has 0 aliphatic heterocycles. The summed E-state index contributed by atoms with van der Waals surface area (Å²) in [7, 11) is 0. The monoisotopic (exact) mass is 205 g/mol. The maximum atomic E-state index is 12.7. The zero-order valence-corrected chi connectivity index (χ0v) is 8.19. The number of benzene rings is 1. The van der Waals surface area contributed by atoms with Crippen molar-refractivity contribution in [2.45, 2.75) is 12.5 Å². The molecular formula is C12H12FNO. The van der Waals surface area contributed by atoms with Crippen LogP contribution in [0.15, 0.2) is 47.3 Å². The number of nitrogens with two attached hydrogens (primary N) is 1. The summed E-state index contributed by atoms with van der Waals surface area (Å²) in [6.07, 6.45) is 3.91.